The molecule has 5 heteroatoms. The van der Waals surface area contributed by atoms with Gasteiger partial charge in [-0.15, -0.1) is 0 Å². The lowest BCUT2D eigenvalue weighted by Crippen LogP contribution is -2.60. The molecule has 4 aliphatic carbocycles. The maximum Gasteiger partial charge on any atom is 0.338 e. The van der Waals surface area contributed by atoms with Crippen LogP contribution < -0.4 is 0 Å². The lowest BCUT2D eigenvalue weighted by molar-refractivity contribution is -0.192. The van der Waals surface area contributed by atoms with Crippen molar-refractivity contribution >= 4 is 18.0 Å². The minimum atomic E-state index is -1.42. The van der Waals surface area contributed by atoms with Crippen LogP contribution in [0.4, 0.5) is 0 Å². The molecule has 4 rings (SSSR count). The van der Waals surface area contributed by atoms with Crippen LogP contribution in [0, 0.1) is 40.4 Å². The van der Waals surface area contributed by atoms with Gasteiger partial charge in [0.25, 0.3) is 0 Å². The molecule has 1 N–H and O–H groups in total. The molecule has 160 valence electrons. The van der Waals surface area contributed by atoms with Gasteiger partial charge >= 0.3 is 5.97 Å². The number of carbonyl (C=O) groups is 3. The number of aldehydes is 1. The van der Waals surface area contributed by atoms with E-state index < -0.39 is 22.9 Å². The summed E-state index contributed by atoms with van der Waals surface area (Å²) in [7, 11) is 0. The van der Waals surface area contributed by atoms with Crippen molar-refractivity contribution in [3.8, 4) is 0 Å². The van der Waals surface area contributed by atoms with Gasteiger partial charge in [-0.25, -0.2) is 4.79 Å². The van der Waals surface area contributed by atoms with Gasteiger partial charge in [0.15, 0.2) is 11.4 Å². The molecule has 0 saturated heterocycles. The van der Waals surface area contributed by atoms with Crippen LogP contribution in [-0.2, 0) is 19.1 Å². The van der Waals surface area contributed by atoms with Crippen molar-refractivity contribution in [3.63, 3.8) is 0 Å². The Labute approximate surface area is 173 Å². The Morgan fingerprint density at radius 2 is 2.03 bits per heavy atom. The quantitative estimate of drug-likeness (QED) is 0.444. The number of rotatable bonds is 3. The van der Waals surface area contributed by atoms with Gasteiger partial charge in [-0.1, -0.05) is 26.3 Å². The van der Waals surface area contributed by atoms with Crippen molar-refractivity contribution in [1.29, 1.82) is 0 Å². The molecule has 0 aromatic rings. The zero-order valence-corrected chi connectivity index (χ0v) is 18.1. The predicted molar refractivity (Wildman–Crippen MR) is 108 cm³/mol. The van der Waals surface area contributed by atoms with Crippen molar-refractivity contribution in [2.24, 2.45) is 40.4 Å². The predicted octanol–water partition coefficient (Wildman–Crippen LogP) is 3.48. The first-order chi connectivity index (χ1) is 13.6. The Bertz CT molecular complexity index is 771. The molecule has 0 amide bonds. The molecule has 4 aliphatic rings. The van der Waals surface area contributed by atoms with Gasteiger partial charge in [0.2, 0.25) is 0 Å². The molecule has 0 radical (unpaired) electrons. The molecular formula is C24H34O5. The highest BCUT2D eigenvalue weighted by Crippen LogP contribution is 2.69. The third-order valence-corrected chi connectivity index (χ3v) is 9.24. The Hall–Kier alpha value is -1.49. The van der Waals surface area contributed by atoms with Crippen molar-refractivity contribution in [2.45, 2.75) is 71.8 Å². The van der Waals surface area contributed by atoms with Gasteiger partial charge < -0.3 is 14.6 Å². The Balaban J connectivity index is 1.72. The second kappa shape index (κ2) is 6.76. The highest BCUT2D eigenvalue weighted by atomic mass is 16.5. The number of allylic oxidation sites excluding steroid dienone is 1. The van der Waals surface area contributed by atoms with E-state index in [1.807, 2.05) is 0 Å². The molecule has 1 unspecified atom stereocenters. The van der Waals surface area contributed by atoms with E-state index in [-0.39, 0.29) is 29.6 Å². The Morgan fingerprint density at radius 1 is 1.31 bits per heavy atom. The molecular weight excluding hydrogens is 368 g/mol. The summed E-state index contributed by atoms with van der Waals surface area (Å²) in [5, 5.41) is 11.5. The summed E-state index contributed by atoms with van der Waals surface area (Å²) in [4.78, 5) is 36.6. The number of fused-ring (bicyclic) bond motifs is 5. The van der Waals surface area contributed by atoms with Crippen molar-refractivity contribution in [1.82, 2.24) is 0 Å². The van der Waals surface area contributed by atoms with Crippen molar-refractivity contribution in [2.75, 3.05) is 6.61 Å². The van der Waals surface area contributed by atoms with Crippen molar-refractivity contribution < 1.29 is 24.2 Å². The van der Waals surface area contributed by atoms with Crippen LogP contribution in [0.15, 0.2) is 11.6 Å². The minimum Gasteiger partial charge on any atom is -0.464 e. The fourth-order valence-electron chi connectivity index (χ4n) is 8.09. The third-order valence-electron chi connectivity index (χ3n) is 9.24. The van der Waals surface area contributed by atoms with Crippen LogP contribution in [0.25, 0.3) is 0 Å². The maximum absolute atomic E-state index is 12.7. The second-order valence-electron chi connectivity index (χ2n) is 10.5. The van der Waals surface area contributed by atoms with Gasteiger partial charge in [0.1, 0.15) is 6.29 Å². The normalized spacial score (nSPS) is 48.8. The first kappa shape index (κ1) is 20.8. The van der Waals surface area contributed by atoms with Crippen LogP contribution >= 0.6 is 0 Å². The van der Waals surface area contributed by atoms with Gasteiger partial charge in [0, 0.05) is 5.41 Å². The van der Waals surface area contributed by atoms with E-state index in [4.69, 9.17) is 4.74 Å². The van der Waals surface area contributed by atoms with Crippen LogP contribution in [0.5, 0.6) is 0 Å². The SMILES string of the molecule is CCOC(=O)[C@@]1(O)CC[C@H]2[C@@H]3CCC4=CC(=O)C(C=O)C[C@]4(C)[C@H]3[C@@H](C)C[C@@]21C. The van der Waals surface area contributed by atoms with Crippen LogP contribution in [0.1, 0.15) is 66.2 Å². The number of aliphatic hydroxyl groups is 1. The number of carbonyl (C=O) groups excluding carboxylic acids is 3. The second-order valence-corrected chi connectivity index (χ2v) is 10.5. The zero-order valence-electron chi connectivity index (χ0n) is 18.1. The lowest BCUT2D eigenvalue weighted by atomic mass is 9.43. The standard InChI is InChI=1S/C24H34O5/c1-5-29-21(27)24(28)9-8-18-17-7-6-16-10-19(26)15(13-25)12-22(16,3)20(17)14(2)11-23(18,24)4/h10,13-15,17-18,20,28H,5-9,11-12H2,1-4H3/t14-,15?,17-,18-,20-,22-,23-,24-/m0/s1. The summed E-state index contributed by atoms with van der Waals surface area (Å²) >= 11 is 0. The van der Waals surface area contributed by atoms with Crippen LogP contribution in [0.2, 0.25) is 0 Å². The average Bonchev–Trinajstić information content (AvgIpc) is 2.93. The highest BCUT2D eigenvalue weighted by Gasteiger charge is 2.68. The van der Waals surface area contributed by atoms with Gasteiger partial charge in [0.05, 0.1) is 12.5 Å². The molecule has 0 aromatic heterocycles. The first-order valence-corrected chi connectivity index (χ1v) is 11.2. The third kappa shape index (κ3) is 2.65. The number of hydrogen-bond acceptors (Lipinski definition) is 5. The average molecular weight is 403 g/mol. The molecule has 8 atom stereocenters. The molecule has 0 bridgehead atoms. The summed E-state index contributed by atoms with van der Waals surface area (Å²) in [6.45, 7) is 8.60. The van der Waals surface area contributed by atoms with E-state index in [0.29, 0.717) is 24.7 Å². The maximum atomic E-state index is 12.7. The number of esters is 1. The zero-order chi connectivity index (χ0) is 21.2. The molecule has 0 heterocycles. The molecule has 0 aliphatic heterocycles. The van der Waals surface area contributed by atoms with E-state index >= 15 is 0 Å². The van der Waals surface area contributed by atoms with E-state index in [1.54, 1.807) is 13.0 Å². The lowest BCUT2D eigenvalue weighted by Gasteiger charge is -2.61. The summed E-state index contributed by atoms with van der Waals surface area (Å²) in [6, 6.07) is 0. The fraction of sp³-hybridized carbons (Fsp3) is 0.792. The molecule has 29 heavy (non-hydrogen) atoms. The van der Waals surface area contributed by atoms with Gasteiger partial charge in [-0.05, 0) is 80.6 Å². The monoisotopic (exact) mass is 402 g/mol. The Morgan fingerprint density at radius 3 is 2.69 bits per heavy atom. The summed E-state index contributed by atoms with van der Waals surface area (Å²) in [5.74, 6) is 0.233. The Kier molecular flexibility index (Phi) is 4.84. The van der Waals surface area contributed by atoms with Crippen LogP contribution in [-0.4, -0.2) is 35.4 Å². The molecule has 0 spiro atoms. The summed E-state index contributed by atoms with van der Waals surface area (Å²) < 4.78 is 5.29. The smallest absolute Gasteiger partial charge is 0.338 e. The first-order valence-electron chi connectivity index (χ1n) is 11.2. The molecule has 0 aromatic carbocycles. The van der Waals surface area contributed by atoms with E-state index in [1.165, 1.54) is 5.57 Å². The van der Waals surface area contributed by atoms with Crippen LogP contribution in [0.3, 0.4) is 0 Å². The highest BCUT2D eigenvalue weighted by molar-refractivity contribution is 6.02. The summed E-state index contributed by atoms with van der Waals surface area (Å²) in [6.07, 6.45) is 7.05. The molecule has 3 fully saturated rings. The fourth-order valence-corrected chi connectivity index (χ4v) is 8.09. The minimum absolute atomic E-state index is 0.0446. The number of ketones is 1. The van der Waals surface area contributed by atoms with E-state index in [0.717, 1.165) is 32.0 Å². The number of ether oxygens (including phenoxy) is 1. The van der Waals surface area contributed by atoms with E-state index in [2.05, 4.69) is 20.8 Å². The summed E-state index contributed by atoms with van der Waals surface area (Å²) in [5.41, 5.74) is -0.867. The molecule has 5 nitrogen and oxygen atoms in total. The molecule has 3 saturated carbocycles. The largest absolute Gasteiger partial charge is 0.464 e. The van der Waals surface area contributed by atoms with Gasteiger partial charge in [-0.2, -0.15) is 0 Å². The van der Waals surface area contributed by atoms with Gasteiger partial charge in [-0.3, -0.25) is 4.79 Å². The van der Waals surface area contributed by atoms with E-state index in [9.17, 15) is 19.5 Å². The topological polar surface area (TPSA) is 80.7 Å². The van der Waals surface area contributed by atoms with Crippen molar-refractivity contribution in [3.05, 3.63) is 11.6 Å². The number of hydrogen-bond donors (Lipinski definition) is 1.